The number of carbonyl (C=O) groups excluding carboxylic acids is 2. The molecule has 1 rings (SSSR count). The topological polar surface area (TPSA) is 61.4 Å². The van der Waals surface area contributed by atoms with Gasteiger partial charge in [0.1, 0.15) is 0 Å². The molecule has 0 saturated heterocycles. The summed E-state index contributed by atoms with van der Waals surface area (Å²) in [7, 11) is 3.44. The van der Waals surface area contributed by atoms with Gasteiger partial charge < -0.3 is 15.5 Å². The molecule has 0 saturated carbocycles. The molecule has 2 N–H and O–H groups in total. The quantitative estimate of drug-likeness (QED) is 0.754. The Bertz CT molecular complexity index is 509. The second-order valence-corrected chi connectivity index (χ2v) is 5.45. The zero-order valence-corrected chi connectivity index (χ0v) is 13.6. The number of nitrogens with one attached hydrogen (secondary N) is 2. The number of likely N-dealkylation sites (N-methyl/N-ethyl adjacent to an activating group) is 1. The van der Waals surface area contributed by atoms with Crippen LogP contribution in [0.1, 0.15) is 12.8 Å². The zero-order valence-electron chi connectivity index (χ0n) is 12.1. The van der Waals surface area contributed by atoms with Gasteiger partial charge in [-0.3, -0.25) is 9.59 Å². The van der Waals surface area contributed by atoms with Gasteiger partial charge in [-0.15, -0.1) is 0 Å². The van der Waals surface area contributed by atoms with Gasteiger partial charge in [-0.1, -0.05) is 23.2 Å². The molecule has 0 aliphatic heterocycles. The first-order valence-electron chi connectivity index (χ1n) is 6.57. The predicted molar refractivity (Wildman–Crippen MR) is 85.9 cm³/mol. The smallest absolute Gasteiger partial charge is 0.243 e. The summed E-state index contributed by atoms with van der Waals surface area (Å²) in [6, 6.07) is 4.82. The first kappa shape index (κ1) is 17.8. The van der Waals surface area contributed by atoms with Crippen LogP contribution < -0.4 is 10.6 Å². The molecule has 0 heterocycles. The lowest BCUT2D eigenvalue weighted by molar-refractivity contribution is -0.133. The van der Waals surface area contributed by atoms with E-state index in [2.05, 4.69) is 10.6 Å². The fourth-order valence-corrected chi connectivity index (χ4v) is 1.98. The van der Waals surface area contributed by atoms with Crippen molar-refractivity contribution >= 4 is 40.7 Å². The maximum absolute atomic E-state index is 11.9. The van der Waals surface area contributed by atoms with Crippen LogP contribution in [0.5, 0.6) is 0 Å². The average Bonchev–Trinajstić information content (AvgIpc) is 2.43. The highest BCUT2D eigenvalue weighted by molar-refractivity contribution is 6.42. The number of rotatable bonds is 7. The Balaban J connectivity index is 2.45. The zero-order chi connectivity index (χ0) is 15.8. The molecule has 1 aromatic rings. The third-order valence-electron chi connectivity index (χ3n) is 2.83. The molecule has 0 bridgehead atoms. The third kappa shape index (κ3) is 6.33. The standard InChI is InChI=1S/C14H19Cl2N3O2/c1-17-7-3-4-14(21)19(2)9-13(20)18-10-5-6-11(15)12(16)8-10/h5-6,8,17H,3-4,7,9H2,1-2H3,(H,18,20). The first-order chi connectivity index (χ1) is 9.93. The Kier molecular flexibility index (Phi) is 7.50. The van der Waals surface area contributed by atoms with Crippen molar-refractivity contribution in [2.75, 3.05) is 32.5 Å². The van der Waals surface area contributed by atoms with E-state index in [-0.39, 0.29) is 18.4 Å². The predicted octanol–water partition coefficient (Wildman–Crippen LogP) is 2.39. The minimum absolute atomic E-state index is 0.00136. The molecule has 5 nitrogen and oxygen atoms in total. The second kappa shape index (κ2) is 8.87. The molecule has 0 aliphatic carbocycles. The van der Waals surface area contributed by atoms with Crippen molar-refractivity contribution in [2.45, 2.75) is 12.8 Å². The molecule has 21 heavy (non-hydrogen) atoms. The van der Waals surface area contributed by atoms with E-state index >= 15 is 0 Å². The fraction of sp³-hybridized carbons (Fsp3) is 0.429. The monoisotopic (exact) mass is 331 g/mol. The van der Waals surface area contributed by atoms with Crippen molar-refractivity contribution in [3.8, 4) is 0 Å². The number of benzene rings is 1. The molecule has 0 unspecified atom stereocenters. The van der Waals surface area contributed by atoms with E-state index in [9.17, 15) is 9.59 Å². The summed E-state index contributed by atoms with van der Waals surface area (Å²) in [5, 5.41) is 6.44. The molecule has 7 heteroatoms. The summed E-state index contributed by atoms with van der Waals surface area (Å²) in [5.41, 5.74) is 0.547. The van der Waals surface area contributed by atoms with Crippen molar-refractivity contribution in [1.82, 2.24) is 10.2 Å². The number of nitrogens with zero attached hydrogens (tertiary/aromatic N) is 1. The Morgan fingerprint density at radius 1 is 1.24 bits per heavy atom. The van der Waals surface area contributed by atoms with Gasteiger partial charge in [0.05, 0.1) is 16.6 Å². The Labute approximate surface area is 134 Å². The van der Waals surface area contributed by atoms with E-state index in [0.29, 0.717) is 22.2 Å². The number of amides is 2. The molecule has 0 atom stereocenters. The van der Waals surface area contributed by atoms with Crippen LogP contribution in [0.25, 0.3) is 0 Å². The molecule has 0 spiro atoms. The van der Waals surface area contributed by atoms with Crippen molar-refractivity contribution in [3.63, 3.8) is 0 Å². The van der Waals surface area contributed by atoms with Gasteiger partial charge in [0.2, 0.25) is 11.8 Å². The summed E-state index contributed by atoms with van der Waals surface area (Å²) in [6.07, 6.45) is 1.16. The van der Waals surface area contributed by atoms with Crippen molar-refractivity contribution in [2.24, 2.45) is 0 Å². The molecular weight excluding hydrogens is 313 g/mol. The van der Waals surface area contributed by atoms with Crippen LogP contribution in [0.2, 0.25) is 10.0 Å². The summed E-state index contributed by atoms with van der Waals surface area (Å²) < 4.78 is 0. The Morgan fingerprint density at radius 3 is 2.57 bits per heavy atom. The van der Waals surface area contributed by atoms with Gasteiger partial charge in [0, 0.05) is 19.2 Å². The molecule has 2 amide bonds. The summed E-state index contributed by atoms with van der Waals surface area (Å²) in [5.74, 6) is -0.340. The Morgan fingerprint density at radius 2 is 1.95 bits per heavy atom. The lowest BCUT2D eigenvalue weighted by atomic mass is 10.2. The van der Waals surface area contributed by atoms with E-state index in [0.717, 1.165) is 13.0 Å². The van der Waals surface area contributed by atoms with E-state index in [1.807, 2.05) is 7.05 Å². The van der Waals surface area contributed by atoms with Crippen LogP contribution >= 0.6 is 23.2 Å². The third-order valence-corrected chi connectivity index (χ3v) is 3.57. The van der Waals surface area contributed by atoms with Crippen molar-refractivity contribution in [3.05, 3.63) is 28.2 Å². The van der Waals surface area contributed by atoms with E-state index in [1.165, 1.54) is 4.90 Å². The Hall–Kier alpha value is -1.30. The SMILES string of the molecule is CNCCCC(=O)N(C)CC(=O)Nc1ccc(Cl)c(Cl)c1. The van der Waals surface area contributed by atoms with Crippen LogP contribution in [0, 0.1) is 0 Å². The highest BCUT2D eigenvalue weighted by atomic mass is 35.5. The van der Waals surface area contributed by atoms with Crippen LogP contribution in [0.15, 0.2) is 18.2 Å². The van der Waals surface area contributed by atoms with Gasteiger partial charge in [-0.2, -0.15) is 0 Å². The minimum Gasteiger partial charge on any atom is -0.336 e. The van der Waals surface area contributed by atoms with E-state index < -0.39 is 0 Å². The van der Waals surface area contributed by atoms with Gasteiger partial charge in [0.15, 0.2) is 0 Å². The maximum Gasteiger partial charge on any atom is 0.243 e. The highest BCUT2D eigenvalue weighted by Crippen LogP contribution is 2.24. The van der Waals surface area contributed by atoms with Crippen LogP contribution in [-0.4, -0.2) is 43.9 Å². The van der Waals surface area contributed by atoms with Crippen LogP contribution in [0.3, 0.4) is 0 Å². The summed E-state index contributed by atoms with van der Waals surface area (Å²) in [6.45, 7) is 0.772. The minimum atomic E-state index is -0.280. The number of hydrogen-bond donors (Lipinski definition) is 2. The average molecular weight is 332 g/mol. The number of carbonyl (C=O) groups is 2. The largest absolute Gasteiger partial charge is 0.336 e. The summed E-state index contributed by atoms with van der Waals surface area (Å²) >= 11 is 11.7. The van der Waals surface area contributed by atoms with E-state index in [4.69, 9.17) is 23.2 Å². The molecule has 0 radical (unpaired) electrons. The normalized spacial score (nSPS) is 10.3. The van der Waals surface area contributed by atoms with Crippen molar-refractivity contribution in [1.29, 1.82) is 0 Å². The molecular formula is C14H19Cl2N3O2. The summed E-state index contributed by atoms with van der Waals surface area (Å²) in [4.78, 5) is 25.0. The second-order valence-electron chi connectivity index (χ2n) is 4.63. The van der Waals surface area contributed by atoms with Gasteiger partial charge in [-0.25, -0.2) is 0 Å². The van der Waals surface area contributed by atoms with Crippen LogP contribution in [0.4, 0.5) is 5.69 Å². The van der Waals surface area contributed by atoms with E-state index in [1.54, 1.807) is 25.2 Å². The molecule has 0 aromatic heterocycles. The number of halogens is 2. The lowest BCUT2D eigenvalue weighted by Crippen LogP contribution is -2.35. The molecule has 1 aromatic carbocycles. The van der Waals surface area contributed by atoms with Gasteiger partial charge in [-0.05, 0) is 38.2 Å². The maximum atomic E-state index is 11.9. The van der Waals surface area contributed by atoms with Gasteiger partial charge in [0.25, 0.3) is 0 Å². The fourth-order valence-electron chi connectivity index (χ4n) is 1.69. The molecule has 0 aliphatic rings. The van der Waals surface area contributed by atoms with Gasteiger partial charge >= 0.3 is 0 Å². The highest BCUT2D eigenvalue weighted by Gasteiger charge is 2.13. The van der Waals surface area contributed by atoms with Crippen molar-refractivity contribution < 1.29 is 9.59 Å². The first-order valence-corrected chi connectivity index (χ1v) is 7.33. The molecule has 0 fully saturated rings. The van der Waals surface area contributed by atoms with Crippen LogP contribution in [-0.2, 0) is 9.59 Å². The lowest BCUT2D eigenvalue weighted by Gasteiger charge is -2.17. The number of anilines is 1. The number of hydrogen-bond acceptors (Lipinski definition) is 3. The molecule has 116 valence electrons.